The minimum atomic E-state index is -0.447. The van der Waals surface area contributed by atoms with Gasteiger partial charge in [0.05, 0.1) is 11.5 Å². The molecule has 0 aliphatic carbocycles. The summed E-state index contributed by atoms with van der Waals surface area (Å²) in [5.74, 6) is -0.147. The molecule has 6 heteroatoms. The van der Waals surface area contributed by atoms with E-state index in [9.17, 15) is 14.9 Å². The molecular formula is C16H15N3O3. The molecular weight excluding hydrogens is 282 g/mol. The number of nitrogens with zero attached hydrogens (tertiary/aromatic N) is 2. The predicted octanol–water partition coefficient (Wildman–Crippen LogP) is 2.44. The van der Waals surface area contributed by atoms with Crippen molar-refractivity contribution < 1.29 is 9.72 Å². The third-order valence-electron chi connectivity index (χ3n) is 2.88. The molecule has 2 aromatic carbocycles. The van der Waals surface area contributed by atoms with E-state index in [1.165, 1.54) is 12.1 Å². The fraction of sp³-hybridized carbons (Fsp3) is 0.125. The Bertz CT molecular complexity index is 684. The van der Waals surface area contributed by atoms with Gasteiger partial charge in [-0.3, -0.25) is 19.9 Å². The van der Waals surface area contributed by atoms with E-state index >= 15 is 0 Å². The largest absolute Gasteiger partial charge is 0.350 e. The number of amides is 1. The summed E-state index contributed by atoms with van der Waals surface area (Å²) >= 11 is 0. The van der Waals surface area contributed by atoms with Crippen LogP contribution in [0.25, 0.3) is 0 Å². The molecule has 0 saturated carbocycles. The van der Waals surface area contributed by atoms with Gasteiger partial charge in [0.1, 0.15) is 0 Å². The highest BCUT2D eigenvalue weighted by molar-refractivity contribution is 5.94. The van der Waals surface area contributed by atoms with Gasteiger partial charge in [-0.2, -0.15) is 0 Å². The lowest BCUT2D eigenvalue weighted by molar-refractivity contribution is -0.384. The fourth-order valence-electron chi connectivity index (χ4n) is 1.81. The lowest BCUT2D eigenvalue weighted by Crippen LogP contribution is -2.25. The Morgan fingerprint density at radius 1 is 1.18 bits per heavy atom. The highest BCUT2D eigenvalue weighted by atomic mass is 16.6. The number of carbonyl (C=O) groups is 1. The number of rotatable bonds is 6. The van der Waals surface area contributed by atoms with Crippen LogP contribution < -0.4 is 5.32 Å². The maximum atomic E-state index is 11.8. The zero-order valence-electron chi connectivity index (χ0n) is 11.8. The number of hydrogen-bond acceptors (Lipinski definition) is 4. The van der Waals surface area contributed by atoms with E-state index in [1.54, 1.807) is 42.6 Å². The van der Waals surface area contributed by atoms with Crippen LogP contribution in [-0.4, -0.2) is 30.1 Å². The number of nitrogens with one attached hydrogen (secondary N) is 1. The number of nitro benzene ring substituents is 1. The summed E-state index contributed by atoms with van der Waals surface area (Å²) in [5.41, 5.74) is 1.29. The Balaban J connectivity index is 1.80. The molecule has 0 fully saturated rings. The number of nitro groups is 1. The van der Waals surface area contributed by atoms with Crippen LogP contribution >= 0.6 is 0 Å². The minimum Gasteiger partial charge on any atom is -0.350 e. The van der Waals surface area contributed by atoms with Crippen molar-refractivity contribution in [1.82, 2.24) is 5.32 Å². The summed E-state index contributed by atoms with van der Waals surface area (Å²) in [4.78, 5) is 26.1. The van der Waals surface area contributed by atoms with Crippen LogP contribution in [0.15, 0.2) is 59.6 Å². The molecule has 0 heterocycles. The van der Waals surface area contributed by atoms with E-state index < -0.39 is 4.92 Å². The Labute approximate surface area is 127 Å². The first kappa shape index (κ1) is 15.4. The van der Waals surface area contributed by atoms with Gasteiger partial charge in [0.15, 0.2) is 0 Å². The van der Waals surface area contributed by atoms with Gasteiger partial charge in [0, 0.05) is 30.5 Å². The first-order valence-electron chi connectivity index (χ1n) is 6.74. The van der Waals surface area contributed by atoms with Gasteiger partial charge in [0.25, 0.3) is 11.6 Å². The molecule has 2 aromatic rings. The van der Waals surface area contributed by atoms with E-state index in [0.717, 1.165) is 0 Å². The maximum Gasteiger partial charge on any atom is 0.270 e. The molecule has 0 spiro atoms. The summed E-state index contributed by atoms with van der Waals surface area (Å²) in [7, 11) is 0. The average molecular weight is 297 g/mol. The Hall–Kier alpha value is -3.02. The molecule has 1 N–H and O–H groups in total. The smallest absolute Gasteiger partial charge is 0.270 e. The Morgan fingerprint density at radius 2 is 1.95 bits per heavy atom. The Morgan fingerprint density at radius 3 is 2.68 bits per heavy atom. The zero-order valence-corrected chi connectivity index (χ0v) is 11.8. The topological polar surface area (TPSA) is 84.6 Å². The highest BCUT2D eigenvalue weighted by Gasteiger charge is 2.04. The van der Waals surface area contributed by atoms with Crippen LogP contribution in [0.2, 0.25) is 0 Å². The van der Waals surface area contributed by atoms with Crippen LogP contribution in [0, 0.1) is 10.1 Å². The van der Waals surface area contributed by atoms with Crippen LogP contribution in [0.1, 0.15) is 15.9 Å². The molecule has 2 rings (SSSR count). The third-order valence-corrected chi connectivity index (χ3v) is 2.88. The number of benzene rings is 2. The SMILES string of the molecule is O=C(NCCN=Cc1cccc([N+](=O)[O-])c1)c1ccccc1. The summed E-state index contributed by atoms with van der Waals surface area (Å²) in [6.07, 6.45) is 1.56. The van der Waals surface area contributed by atoms with Crippen molar-refractivity contribution in [2.24, 2.45) is 4.99 Å². The van der Waals surface area contributed by atoms with Gasteiger partial charge in [-0.15, -0.1) is 0 Å². The number of aliphatic imine (C=N–C) groups is 1. The highest BCUT2D eigenvalue weighted by Crippen LogP contribution is 2.11. The van der Waals surface area contributed by atoms with E-state index in [4.69, 9.17) is 0 Å². The molecule has 112 valence electrons. The van der Waals surface area contributed by atoms with Gasteiger partial charge in [-0.25, -0.2) is 0 Å². The van der Waals surface area contributed by atoms with Crippen LogP contribution in [0.5, 0.6) is 0 Å². The van der Waals surface area contributed by atoms with E-state index in [1.807, 2.05) is 6.07 Å². The van der Waals surface area contributed by atoms with Crippen molar-refractivity contribution in [1.29, 1.82) is 0 Å². The summed E-state index contributed by atoms with van der Waals surface area (Å²) in [6, 6.07) is 15.1. The zero-order chi connectivity index (χ0) is 15.8. The first-order chi connectivity index (χ1) is 10.7. The summed E-state index contributed by atoms with van der Waals surface area (Å²) in [6.45, 7) is 0.806. The Kier molecular flexibility index (Phi) is 5.37. The van der Waals surface area contributed by atoms with Crippen molar-refractivity contribution in [2.75, 3.05) is 13.1 Å². The summed E-state index contributed by atoms with van der Waals surface area (Å²) < 4.78 is 0. The van der Waals surface area contributed by atoms with E-state index in [2.05, 4.69) is 10.3 Å². The standard InChI is InChI=1S/C16H15N3O3/c20-16(14-6-2-1-3-7-14)18-10-9-17-12-13-5-4-8-15(11-13)19(21)22/h1-8,11-12H,9-10H2,(H,18,20). The second-order valence-corrected chi connectivity index (χ2v) is 4.51. The molecule has 0 aliphatic rings. The number of carbonyl (C=O) groups excluding carboxylic acids is 1. The second-order valence-electron chi connectivity index (χ2n) is 4.51. The molecule has 0 atom stereocenters. The molecule has 0 unspecified atom stereocenters. The summed E-state index contributed by atoms with van der Waals surface area (Å²) in [5, 5.41) is 13.4. The van der Waals surface area contributed by atoms with Crippen molar-refractivity contribution in [3.63, 3.8) is 0 Å². The van der Waals surface area contributed by atoms with E-state index in [0.29, 0.717) is 24.2 Å². The predicted molar refractivity (Wildman–Crippen MR) is 84.3 cm³/mol. The molecule has 22 heavy (non-hydrogen) atoms. The second kappa shape index (κ2) is 7.68. The van der Waals surface area contributed by atoms with Gasteiger partial charge in [0.2, 0.25) is 0 Å². The molecule has 0 bridgehead atoms. The number of hydrogen-bond donors (Lipinski definition) is 1. The maximum absolute atomic E-state index is 11.8. The monoisotopic (exact) mass is 297 g/mol. The molecule has 6 nitrogen and oxygen atoms in total. The van der Waals surface area contributed by atoms with Crippen molar-refractivity contribution >= 4 is 17.8 Å². The molecule has 0 aromatic heterocycles. The van der Waals surface area contributed by atoms with Gasteiger partial charge < -0.3 is 5.32 Å². The lowest BCUT2D eigenvalue weighted by Gasteiger charge is -2.02. The van der Waals surface area contributed by atoms with Gasteiger partial charge in [-0.05, 0) is 17.7 Å². The lowest BCUT2D eigenvalue weighted by atomic mass is 10.2. The molecule has 0 aliphatic heterocycles. The first-order valence-corrected chi connectivity index (χ1v) is 6.74. The molecule has 0 radical (unpaired) electrons. The minimum absolute atomic E-state index is 0.0290. The van der Waals surface area contributed by atoms with E-state index in [-0.39, 0.29) is 11.6 Å². The van der Waals surface area contributed by atoms with Gasteiger partial charge >= 0.3 is 0 Å². The van der Waals surface area contributed by atoms with Crippen molar-refractivity contribution in [2.45, 2.75) is 0 Å². The van der Waals surface area contributed by atoms with Gasteiger partial charge in [-0.1, -0.05) is 30.3 Å². The quantitative estimate of drug-likeness (QED) is 0.384. The van der Waals surface area contributed by atoms with Crippen molar-refractivity contribution in [3.8, 4) is 0 Å². The average Bonchev–Trinajstić information content (AvgIpc) is 2.55. The normalized spacial score (nSPS) is 10.5. The fourth-order valence-corrected chi connectivity index (χ4v) is 1.81. The third kappa shape index (κ3) is 4.52. The molecule has 1 amide bonds. The number of non-ortho nitro benzene ring substituents is 1. The molecule has 0 saturated heterocycles. The van der Waals surface area contributed by atoms with Crippen molar-refractivity contribution in [3.05, 3.63) is 75.8 Å². The van der Waals surface area contributed by atoms with Crippen LogP contribution in [0.3, 0.4) is 0 Å². The van der Waals surface area contributed by atoms with Crippen LogP contribution in [0.4, 0.5) is 5.69 Å². The van der Waals surface area contributed by atoms with Crippen LogP contribution in [-0.2, 0) is 0 Å².